The third kappa shape index (κ3) is 6.01. The SMILES string of the molecule is COc1ccc(/C=C/C(=O)NCCC(=O)Nc2ccc(F)cc2F)cc1. The molecule has 0 aliphatic carbocycles. The number of anilines is 1. The van der Waals surface area contributed by atoms with Gasteiger partial charge in [0.25, 0.3) is 0 Å². The number of methoxy groups -OCH3 is 1. The van der Waals surface area contributed by atoms with Gasteiger partial charge in [0.15, 0.2) is 0 Å². The van der Waals surface area contributed by atoms with E-state index in [1.807, 2.05) is 0 Å². The molecule has 0 saturated heterocycles. The third-order valence-electron chi connectivity index (χ3n) is 3.40. The van der Waals surface area contributed by atoms with Gasteiger partial charge in [0, 0.05) is 25.1 Å². The Balaban J connectivity index is 1.74. The molecule has 2 amide bonds. The van der Waals surface area contributed by atoms with Crippen LogP contribution in [0, 0.1) is 11.6 Å². The van der Waals surface area contributed by atoms with Crippen molar-refractivity contribution in [2.24, 2.45) is 0 Å². The van der Waals surface area contributed by atoms with Crippen molar-refractivity contribution in [1.29, 1.82) is 0 Å². The summed E-state index contributed by atoms with van der Waals surface area (Å²) in [6, 6.07) is 10.0. The topological polar surface area (TPSA) is 67.4 Å². The summed E-state index contributed by atoms with van der Waals surface area (Å²) >= 11 is 0. The number of halogens is 2. The first-order valence-electron chi connectivity index (χ1n) is 7.83. The molecule has 0 aliphatic heterocycles. The van der Waals surface area contributed by atoms with Crippen LogP contribution in [0.1, 0.15) is 12.0 Å². The van der Waals surface area contributed by atoms with Crippen molar-refractivity contribution >= 4 is 23.6 Å². The smallest absolute Gasteiger partial charge is 0.244 e. The van der Waals surface area contributed by atoms with Crippen LogP contribution in [-0.4, -0.2) is 25.5 Å². The first-order chi connectivity index (χ1) is 12.5. The maximum absolute atomic E-state index is 13.4. The van der Waals surface area contributed by atoms with Crippen LogP contribution in [-0.2, 0) is 9.59 Å². The van der Waals surface area contributed by atoms with Crippen molar-refractivity contribution in [3.63, 3.8) is 0 Å². The number of benzene rings is 2. The zero-order valence-electron chi connectivity index (χ0n) is 14.1. The van der Waals surface area contributed by atoms with E-state index in [1.54, 1.807) is 37.5 Å². The van der Waals surface area contributed by atoms with Gasteiger partial charge in [-0.25, -0.2) is 8.78 Å². The Kier molecular flexibility index (Phi) is 6.84. The van der Waals surface area contributed by atoms with Crippen molar-refractivity contribution in [3.8, 4) is 5.75 Å². The van der Waals surface area contributed by atoms with Crippen molar-refractivity contribution in [1.82, 2.24) is 5.32 Å². The minimum Gasteiger partial charge on any atom is -0.497 e. The zero-order chi connectivity index (χ0) is 18.9. The van der Waals surface area contributed by atoms with Crippen LogP contribution in [0.2, 0.25) is 0 Å². The summed E-state index contributed by atoms with van der Waals surface area (Å²) in [6.45, 7) is 0.0838. The molecule has 5 nitrogen and oxygen atoms in total. The van der Waals surface area contributed by atoms with Crippen LogP contribution < -0.4 is 15.4 Å². The van der Waals surface area contributed by atoms with Crippen LogP contribution in [0.4, 0.5) is 14.5 Å². The van der Waals surface area contributed by atoms with E-state index in [0.29, 0.717) is 6.07 Å². The van der Waals surface area contributed by atoms with E-state index in [4.69, 9.17) is 4.74 Å². The van der Waals surface area contributed by atoms with Crippen molar-refractivity contribution < 1.29 is 23.1 Å². The van der Waals surface area contributed by atoms with E-state index in [1.165, 1.54) is 6.08 Å². The maximum atomic E-state index is 13.4. The molecule has 0 spiro atoms. The summed E-state index contributed by atoms with van der Waals surface area (Å²) in [5, 5.41) is 4.87. The molecule has 7 heteroatoms. The molecule has 0 radical (unpaired) electrons. The molecule has 2 aromatic rings. The number of carbonyl (C=O) groups is 2. The molecule has 26 heavy (non-hydrogen) atoms. The van der Waals surface area contributed by atoms with Gasteiger partial charge in [-0.15, -0.1) is 0 Å². The summed E-state index contributed by atoms with van der Waals surface area (Å²) in [7, 11) is 1.57. The summed E-state index contributed by atoms with van der Waals surface area (Å²) < 4.78 is 31.3. The second kappa shape index (κ2) is 9.31. The highest BCUT2D eigenvalue weighted by molar-refractivity contribution is 5.93. The lowest BCUT2D eigenvalue weighted by molar-refractivity contribution is -0.117. The van der Waals surface area contributed by atoms with Crippen LogP contribution >= 0.6 is 0 Å². The molecule has 2 rings (SSSR count). The average Bonchev–Trinajstić information content (AvgIpc) is 2.63. The van der Waals surface area contributed by atoms with Crippen molar-refractivity contribution in [2.75, 3.05) is 19.0 Å². The van der Waals surface area contributed by atoms with Crippen LogP contribution in [0.25, 0.3) is 6.08 Å². The van der Waals surface area contributed by atoms with E-state index in [0.717, 1.165) is 23.4 Å². The van der Waals surface area contributed by atoms with E-state index < -0.39 is 17.5 Å². The summed E-state index contributed by atoms with van der Waals surface area (Å²) in [5.41, 5.74) is 0.715. The predicted octanol–water partition coefficient (Wildman–Crippen LogP) is 3.13. The lowest BCUT2D eigenvalue weighted by atomic mass is 10.2. The van der Waals surface area contributed by atoms with Gasteiger partial charge in [0.1, 0.15) is 17.4 Å². The van der Waals surface area contributed by atoms with Gasteiger partial charge in [-0.3, -0.25) is 9.59 Å². The Morgan fingerprint density at radius 1 is 1.12 bits per heavy atom. The highest BCUT2D eigenvalue weighted by atomic mass is 19.1. The Labute approximate surface area is 149 Å². The highest BCUT2D eigenvalue weighted by Gasteiger charge is 2.08. The molecule has 0 aromatic heterocycles. The Morgan fingerprint density at radius 2 is 1.85 bits per heavy atom. The summed E-state index contributed by atoms with van der Waals surface area (Å²) in [4.78, 5) is 23.4. The first-order valence-corrected chi connectivity index (χ1v) is 7.83. The number of ether oxygens (including phenoxy) is 1. The van der Waals surface area contributed by atoms with Crippen LogP contribution in [0.5, 0.6) is 5.75 Å². The minimum absolute atomic E-state index is 0.0427. The van der Waals surface area contributed by atoms with Gasteiger partial charge in [-0.1, -0.05) is 12.1 Å². The number of carbonyl (C=O) groups excluding carboxylic acids is 2. The van der Waals surface area contributed by atoms with E-state index >= 15 is 0 Å². The van der Waals surface area contributed by atoms with Gasteiger partial charge in [0.2, 0.25) is 11.8 Å². The lowest BCUT2D eigenvalue weighted by Crippen LogP contribution is -2.26. The number of nitrogens with one attached hydrogen (secondary N) is 2. The van der Waals surface area contributed by atoms with Gasteiger partial charge in [0.05, 0.1) is 12.8 Å². The fourth-order valence-corrected chi connectivity index (χ4v) is 2.05. The zero-order valence-corrected chi connectivity index (χ0v) is 14.1. The average molecular weight is 360 g/mol. The monoisotopic (exact) mass is 360 g/mol. The highest BCUT2D eigenvalue weighted by Crippen LogP contribution is 2.15. The van der Waals surface area contributed by atoms with Gasteiger partial charge >= 0.3 is 0 Å². The minimum atomic E-state index is -0.857. The van der Waals surface area contributed by atoms with E-state index in [-0.39, 0.29) is 24.6 Å². The second-order valence-corrected chi connectivity index (χ2v) is 5.32. The Bertz CT molecular complexity index is 805. The number of hydrogen-bond donors (Lipinski definition) is 2. The second-order valence-electron chi connectivity index (χ2n) is 5.32. The van der Waals surface area contributed by atoms with Crippen LogP contribution in [0.3, 0.4) is 0 Å². The molecule has 2 N–H and O–H groups in total. The number of amides is 2. The fraction of sp³-hybridized carbons (Fsp3) is 0.158. The Hall–Kier alpha value is -3.22. The normalized spacial score (nSPS) is 10.6. The standard InChI is InChI=1S/C19H18F2N2O3/c1-26-15-6-2-13(3-7-15)4-9-18(24)22-11-10-19(25)23-17-8-5-14(20)12-16(17)21/h2-9,12H,10-11H2,1H3,(H,22,24)(H,23,25)/b9-4+. The lowest BCUT2D eigenvalue weighted by Gasteiger charge is -2.06. The maximum Gasteiger partial charge on any atom is 0.244 e. The molecular formula is C19H18F2N2O3. The molecule has 136 valence electrons. The number of rotatable bonds is 7. The molecule has 0 saturated carbocycles. The number of hydrogen-bond acceptors (Lipinski definition) is 3. The summed E-state index contributed by atoms with van der Waals surface area (Å²) in [5.74, 6) is -1.71. The fourth-order valence-electron chi connectivity index (χ4n) is 2.05. The molecule has 0 fully saturated rings. The Morgan fingerprint density at radius 3 is 2.50 bits per heavy atom. The van der Waals surface area contributed by atoms with Gasteiger partial charge in [-0.2, -0.15) is 0 Å². The molecule has 0 unspecified atom stereocenters. The van der Waals surface area contributed by atoms with Crippen molar-refractivity contribution in [3.05, 3.63) is 65.7 Å². The molecule has 0 bridgehead atoms. The molecule has 2 aromatic carbocycles. The molecular weight excluding hydrogens is 342 g/mol. The van der Waals surface area contributed by atoms with Gasteiger partial charge < -0.3 is 15.4 Å². The third-order valence-corrected chi connectivity index (χ3v) is 3.40. The largest absolute Gasteiger partial charge is 0.497 e. The molecule has 0 heterocycles. The summed E-state index contributed by atoms with van der Waals surface area (Å²) in [6.07, 6.45) is 2.93. The quantitative estimate of drug-likeness (QED) is 0.746. The van der Waals surface area contributed by atoms with Crippen LogP contribution in [0.15, 0.2) is 48.5 Å². The first kappa shape index (κ1) is 19.1. The van der Waals surface area contributed by atoms with Crippen molar-refractivity contribution in [2.45, 2.75) is 6.42 Å². The van der Waals surface area contributed by atoms with E-state index in [9.17, 15) is 18.4 Å². The predicted molar refractivity (Wildman–Crippen MR) is 94.6 cm³/mol. The van der Waals surface area contributed by atoms with Gasteiger partial charge in [-0.05, 0) is 35.9 Å². The molecule has 0 aliphatic rings. The van der Waals surface area contributed by atoms with E-state index in [2.05, 4.69) is 10.6 Å². The molecule has 0 atom stereocenters.